The van der Waals surface area contributed by atoms with Gasteiger partial charge in [-0.1, -0.05) is 78.3 Å². The van der Waals surface area contributed by atoms with Gasteiger partial charge in [0.15, 0.2) is 0 Å². The summed E-state index contributed by atoms with van der Waals surface area (Å²) in [6.45, 7) is 0. The van der Waals surface area contributed by atoms with Gasteiger partial charge in [0.2, 0.25) is 11.8 Å². The van der Waals surface area contributed by atoms with E-state index in [-0.39, 0.29) is 28.1 Å². The molecule has 8 rings (SSSR count). The fourth-order valence-corrected chi connectivity index (χ4v) is 7.16. The summed E-state index contributed by atoms with van der Waals surface area (Å²) in [4.78, 5) is 53.3. The second kappa shape index (κ2) is 9.46. The number of amides is 3. The Morgan fingerprint density at radius 2 is 1.55 bits per heavy atom. The third-order valence-electron chi connectivity index (χ3n) is 8.53. The Bertz CT molecular complexity index is 1820. The summed E-state index contributed by atoms with van der Waals surface area (Å²) in [6.07, 6.45) is 1.54. The van der Waals surface area contributed by atoms with Crippen LogP contribution in [0.5, 0.6) is 0 Å². The van der Waals surface area contributed by atoms with Crippen LogP contribution in [-0.4, -0.2) is 28.9 Å². The second-order valence-electron chi connectivity index (χ2n) is 10.5. The smallest absolute Gasteiger partial charge is 0.271 e. The van der Waals surface area contributed by atoms with Crippen LogP contribution in [0.25, 0.3) is 0 Å². The number of hydrogen-bond acceptors (Lipinski definition) is 6. The van der Waals surface area contributed by atoms with E-state index in [1.807, 2.05) is 48.5 Å². The minimum absolute atomic E-state index is 0.0573. The third-order valence-corrected chi connectivity index (χ3v) is 8.85. The molecule has 4 aromatic rings. The van der Waals surface area contributed by atoms with Crippen LogP contribution < -0.4 is 10.3 Å². The molecule has 0 aromatic heterocycles. The number of nitrogens with zero attached hydrogens (tertiary/aromatic N) is 3. The molecule has 2 atom stereocenters. The van der Waals surface area contributed by atoms with E-state index < -0.39 is 34.0 Å². The van der Waals surface area contributed by atoms with Gasteiger partial charge >= 0.3 is 0 Å². The van der Waals surface area contributed by atoms with E-state index in [0.717, 1.165) is 28.3 Å². The molecule has 1 saturated heterocycles. The summed E-state index contributed by atoms with van der Waals surface area (Å²) in [5.41, 5.74) is 4.92. The molecule has 42 heavy (non-hydrogen) atoms. The van der Waals surface area contributed by atoms with Crippen molar-refractivity contribution in [2.75, 3.05) is 4.90 Å². The SMILES string of the molecule is O=C(N/N=C\C12c3ccccc3C(c3ccccc31)[C@H]1C(=O)N(c3ccccc3Cl)C(=O)[C@H]12)c1cccc([N+](=O)[O-])c1. The van der Waals surface area contributed by atoms with Crippen LogP contribution in [0.4, 0.5) is 11.4 Å². The van der Waals surface area contributed by atoms with Crippen molar-refractivity contribution in [2.24, 2.45) is 16.9 Å². The maximum Gasteiger partial charge on any atom is 0.271 e. The zero-order valence-corrected chi connectivity index (χ0v) is 22.6. The summed E-state index contributed by atoms with van der Waals surface area (Å²) in [5, 5.41) is 15.8. The molecule has 1 N–H and O–H groups in total. The molecule has 0 radical (unpaired) electrons. The number of imide groups is 1. The normalized spacial score (nSPS) is 23.5. The van der Waals surface area contributed by atoms with Crippen molar-refractivity contribution in [3.63, 3.8) is 0 Å². The number of non-ortho nitro benzene ring substituents is 1. The van der Waals surface area contributed by atoms with Crippen LogP contribution in [0.1, 0.15) is 38.5 Å². The van der Waals surface area contributed by atoms with Gasteiger partial charge in [-0.3, -0.25) is 24.5 Å². The molecule has 206 valence electrons. The predicted octanol–water partition coefficient (Wildman–Crippen LogP) is 5.21. The first-order valence-corrected chi connectivity index (χ1v) is 13.6. The quantitative estimate of drug-likeness (QED) is 0.151. The Labute approximate surface area is 244 Å². The molecular weight excluding hydrogens is 556 g/mol. The first-order valence-electron chi connectivity index (χ1n) is 13.2. The van der Waals surface area contributed by atoms with Crippen LogP contribution in [0.2, 0.25) is 5.02 Å². The molecule has 4 aromatic carbocycles. The highest BCUT2D eigenvalue weighted by molar-refractivity contribution is 6.36. The number of nitro groups is 1. The fraction of sp³-hybridized carbons (Fsp3) is 0.125. The molecule has 0 spiro atoms. The van der Waals surface area contributed by atoms with Crippen LogP contribution >= 0.6 is 11.6 Å². The van der Waals surface area contributed by atoms with Crippen molar-refractivity contribution >= 4 is 46.9 Å². The fourth-order valence-electron chi connectivity index (χ4n) is 6.94. The molecule has 4 aliphatic rings. The Kier molecular flexibility index (Phi) is 5.81. The van der Waals surface area contributed by atoms with Crippen LogP contribution in [0.3, 0.4) is 0 Å². The largest absolute Gasteiger partial charge is 0.274 e. The lowest BCUT2D eigenvalue weighted by Gasteiger charge is -2.52. The minimum atomic E-state index is -1.19. The average Bonchev–Trinajstić information content (AvgIpc) is 3.28. The molecule has 1 fully saturated rings. The van der Waals surface area contributed by atoms with E-state index in [1.54, 1.807) is 24.3 Å². The number of halogens is 1. The molecule has 10 heteroatoms. The third kappa shape index (κ3) is 3.50. The molecule has 1 aliphatic heterocycles. The predicted molar refractivity (Wildman–Crippen MR) is 155 cm³/mol. The summed E-state index contributed by atoms with van der Waals surface area (Å²) in [5.74, 6) is -3.33. The van der Waals surface area contributed by atoms with Crippen LogP contribution in [-0.2, 0) is 15.0 Å². The van der Waals surface area contributed by atoms with Crippen molar-refractivity contribution in [1.82, 2.24) is 5.43 Å². The number of rotatable bonds is 5. The van der Waals surface area contributed by atoms with E-state index in [9.17, 15) is 24.5 Å². The molecule has 3 amide bonds. The summed E-state index contributed by atoms with van der Waals surface area (Å²) in [7, 11) is 0. The lowest BCUT2D eigenvalue weighted by atomic mass is 9.47. The van der Waals surface area contributed by atoms with Gasteiger partial charge in [0.25, 0.3) is 11.6 Å². The second-order valence-corrected chi connectivity index (χ2v) is 10.9. The van der Waals surface area contributed by atoms with Gasteiger partial charge in [-0.25, -0.2) is 10.3 Å². The molecule has 2 bridgehead atoms. The van der Waals surface area contributed by atoms with Gasteiger partial charge in [0.1, 0.15) is 0 Å². The van der Waals surface area contributed by atoms with Gasteiger partial charge in [0, 0.05) is 29.8 Å². The highest BCUT2D eigenvalue weighted by Gasteiger charge is 2.68. The Morgan fingerprint density at radius 3 is 2.21 bits per heavy atom. The topological polar surface area (TPSA) is 122 Å². The van der Waals surface area contributed by atoms with Crippen LogP contribution in [0.15, 0.2) is 102 Å². The lowest BCUT2D eigenvalue weighted by molar-refractivity contribution is -0.384. The number of anilines is 1. The van der Waals surface area contributed by atoms with Crippen molar-refractivity contribution < 1.29 is 19.3 Å². The van der Waals surface area contributed by atoms with Crippen molar-refractivity contribution in [1.29, 1.82) is 0 Å². The standard InChI is InChI=1S/C32H21ClN4O5/c33-24-14-5-6-15-25(24)36-30(39)27-26-20-10-1-3-12-22(20)32(28(27)31(36)40,23-13-4-2-11-21(23)26)17-34-35-29(38)18-8-7-9-19(16-18)37(41)42/h1-17,26-28H,(H,35,38)/b34-17-/t26?,27-,28+,32?/m1/s1. The summed E-state index contributed by atoms with van der Waals surface area (Å²) >= 11 is 6.48. The van der Waals surface area contributed by atoms with E-state index in [1.165, 1.54) is 29.3 Å². The first-order chi connectivity index (χ1) is 20.3. The number of hydrogen-bond donors (Lipinski definition) is 1. The number of nitro benzene ring substituents is 1. The zero-order chi connectivity index (χ0) is 29.2. The van der Waals surface area contributed by atoms with Gasteiger partial charge in [-0.05, 0) is 40.5 Å². The average molecular weight is 577 g/mol. The van der Waals surface area contributed by atoms with Crippen molar-refractivity contribution in [3.05, 3.63) is 140 Å². The lowest BCUT2D eigenvalue weighted by Crippen LogP contribution is -2.54. The number of hydrazone groups is 1. The van der Waals surface area contributed by atoms with Gasteiger partial charge in [0.05, 0.1) is 32.9 Å². The number of nitrogens with one attached hydrogen (secondary N) is 1. The van der Waals surface area contributed by atoms with E-state index in [0.29, 0.717) is 5.69 Å². The van der Waals surface area contributed by atoms with E-state index in [4.69, 9.17) is 11.6 Å². The molecule has 0 unspecified atom stereocenters. The van der Waals surface area contributed by atoms with E-state index >= 15 is 0 Å². The van der Waals surface area contributed by atoms with Crippen molar-refractivity contribution in [2.45, 2.75) is 11.3 Å². The molecular formula is C32H21ClN4O5. The van der Waals surface area contributed by atoms with Crippen molar-refractivity contribution in [3.8, 4) is 0 Å². The summed E-state index contributed by atoms with van der Waals surface area (Å²) in [6, 6.07) is 27.4. The Hall–Kier alpha value is -5.15. The van der Waals surface area contributed by atoms with E-state index in [2.05, 4.69) is 10.5 Å². The number of para-hydroxylation sites is 1. The maximum absolute atomic E-state index is 14.4. The number of benzene rings is 4. The Morgan fingerprint density at radius 1 is 0.905 bits per heavy atom. The molecule has 0 saturated carbocycles. The highest BCUT2D eigenvalue weighted by atomic mass is 35.5. The zero-order valence-electron chi connectivity index (χ0n) is 21.8. The first kappa shape index (κ1) is 25.8. The van der Waals surface area contributed by atoms with Gasteiger partial charge in [-0.2, -0.15) is 5.10 Å². The summed E-state index contributed by atoms with van der Waals surface area (Å²) < 4.78 is 0. The van der Waals surface area contributed by atoms with Crippen LogP contribution in [0, 0.1) is 22.0 Å². The highest BCUT2D eigenvalue weighted by Crippen LogP contribution is 2.63. The molecule has 3 aliphatic carbocycles. The Balaban J connectivity index is 1.38. The molecule has 1 heterocycles. The molecule has 9 nitrogen and oxygen atoms in total. The monoisotopic (exact) mass is 576 g/mol. The number of carbonyl (C=O) groups excluding carboxylic acids is 3. The van der Waals surface area contributed by atoms with Gasteiger partial charge < -0.3 is 0 Å². The maximum atomic E-state index is 14.4. The number of carbonyl (C=O) groups is 3. The van der Waals surface area contributed by atoms with Gasteiger partial charge in [-0.15, -0.1) is 0 Å². The minimum Gasteiger partial charge on any atom is -0.274 e.